The Kier molecular flexibility index (Phi) is 2.65. The molecule has 2 unspecified atom stereocenters. The fourth-order valence-electron chi connectivity index (χ4n) is 1.43. The summed E-state index contributed by atoms with van der Waals surface area (Å²) in [6, 6.07) is 0. The van der Waals surface area contributed by atoms with Gasteiger partial charge >= 0.3 is 0 Å². The summed E-state index contributed by atoms with van der Waals surface area (Å²) in [5.74, 6) is 0.291. The average Bonchev–Trinajstić information content (AvgIpc) is 1.94. The maximum atomic E-state index is 9.38. The summed E-state index contributed by atoms with van der Waals surface area (Å²) >= 11 is 0. The van der Waals surface area contributed by atoms with Gasteiger partial charge in [0.05, 0.1) is 6.10 Å². The highest BCUT2D eigenvalue weighted by molar-refractivity contribution is 4.78. The number of rotatable bonds is 1. The predicted molar refractivity (Wildman–Crippen MR) is 40.7 cm³/mol. The predicted octanol–water partition coefficient (Wildman–Crippen LogP) is -0.742. The molecule has 3 N–H and O–H groups in total. The van der Waals surface area contributed by atoms with E-state index < -0.39 is 0 Å². The smallest absolute Gasteiger partial charge is 0.0604 e. The Hall–Kier alpha value is -0.120. The third kappa shape index (κ3) is 1.68. The molecular formula is C7H16N2O. The molecule has 1 aliphatic rings. The molecule has 3 heteroatoms. The van der Waals surface area contributed by atoms with Crippen molar-refractivity contribution in [1.82, 2.24) is 4.90 Å². The van der Waals surface area contributed by atoms with E-state index in [4.69, 9.17) is 5.73 Å². The quantitative estimate of drug-likeness (QED) is 0.509. The molecule has 1 fully saturated rings. The van der Waals surface area contributed by atoms with Crippen molar-refractivity contribution in [2.24, 2.45) is 11.7 Å². The second-order valence-electron chi connectivity index (χ2n) is 3.11. The van der Waals surface area contributed by atoms with Gasteiger partial charge in [0.1, 0.15) is 0 Å². The van der Waals surface area contributed by atoms with Crippen molar-refractivity contribution in [2.75, 3.05) is 26.7 Å². The zero-order chi connectivity index (χ0) is 7.56. The van der Waals surface area contributed by atoms with E-state index >= 15 is 0 Å². The van der Waals surface area contributed by atoms with Crippen LogP contribution in [0.4, 0.5) is 0 Å². The average molecular weight is 144 g/mol. The van der Waals surface area contributed by atoms with Gasteiger partial charge in [0, 0.05) is 19.0 Å². The van der Waals surface area contributed by atoms with Gasteiger partial charge in [-0.05, 0) is 20.0 Å². The summed E-state index contributed by atoms with van der Waals surface area (Å²) in [6.45, 7) is 2.54. The number of hydrogen-bond acceptors (Lipinski definition) is 3. The molecule has 0 bridgehead atoms. The molecule has 1 aliphatic heterocycles. The molecule has 60 valence electrons. The first-order valence-corrected chi connectivity index (χ1v) is 3.80. The van der Waals surface area contributed by atoms with Crippen LogP contribution in [-0.4, -0.2) is 42.8 Å². The van der Waals surface area contributed by atoms with Gasteiger partial charge in [-0.2, -0.15) is 0 Å². The monoisotopic (exact) mass is 144 g/mol. The van der Waals surface area contributed by atoms with Crippen LogP contribution >= 0.6 is 0 Å². The number of nitrogens with two attached hydrogens (primary N) is 1. The van der Waals surface area contributed by atoms with E-state index in [0.717, 1.165) is 19.5 Å². The molecule has 0 aromatic carbocycles. The highest BCUT2D eigenvalue weighted by atomic mass is 16.3. The van der Waals surface area contributed by atoms with E-state index in [9.17, 15) is 5.11 Å². The molecule has 2 atom stereocenters. The lowest BCUT2D eigenvalue weighted by molar-refractivity contribution is 0.0406. The second kappa shape index (κ2) is 3.32. The van der Waals surface area contributed by atoms with Gasteiger partial charge in [-0.25, -0.2) is 0 Å². The highest BCUT2D eigenvalue weighted by Gasteiger charge is 2.23. The van der Waals surface area contributed by atoms with Crippen molar-refractivity contribution < 1.29 is 5.11 Å². The molecule has 0 spiro atoms. The molecular weight excluding hydrogens is 128 g/mol. The molecule has 1 heterocycles. The maximum absolute atomic E-state index is 9.38. The topological polar surface area (TPSA) is 49.5 Å². The molecule has 3 nitrogen and oxygen atoms in total. The zero-order valence-electron chi connectivity index (χ0n) is 6.45. The van der Waals surface area contributed by atoms with Gasteiger partial charge in [-0.1, -0.05) is 0 Å². The van der Waals surface area contributed by atoms with Crippen molar-refractivity contribution >= 4 is 0 Å². The third-order valence-electron chi connectivity index (χ3n) is 2.20. The molecule has 0 saturated carbocycles. The summed E-state index contributed by atoms with van der Waals surface area (Å²) in [5, 5.41) is 9.38. The van der Waals surface area contributed by atoms with Gasteiger partial charge in [0.15, 0.2) is 0 Å². The first kappa shape index (κ1) is 7.98. The van der Waals surface area contributed by atoms with E-state index in [1.54, 1.807) is 0 Å². The standard InChI is InChI=1S/C7H16N2O/c1-9-3-2-7(10)6(4-8)5-9/h6-7,10H,2-5,8H2,1H3. The summed E-state index contributed by atoms with van der Waals surface area (Å²) < 4.78 is 0. The Balaban J connectivity index is 2.38. The number of piperidine rings is 1. The summed E-state index contributed by atoms with van der Waals surface area (Å²) in [4.78, 5) is 2.21. The number of aliphatic hydroxyl groups is 1. The van der Waals surface area contributed by atoms with Crippen LogP contribution in [0.5, 0.6) is 0 Å². The third-order valence-corrected chi connectivity index (χ3v) is 2.20. The molecule has 0 aromatic heterocycles. The van der Waals surface area contributed by atoms with Crippen LogP contribution in [0.25, 0.3) is 0 Å². The Labute approximate surface area is 61.8 Å². The fraction of sp³-hybridized carbons (Fsp3) is 1.00. The molecule has 1 saturated heterocycles. The first-order chi connectivity index (χ1) is 4.74. The lowest BCUT2D eigenvalue weighted by Gasteiger charge is -2.32. The molecule has 0 radical (unpaired) electrons. The lowest BCUT2D eigenvalue weighted by Crippen LogP contribution is -2.44. The minimum absolute atomic E-state index is 0.166. The van der Waals surface area contributed by atoms with Gasteiger partial charge < -0.3 is 15.7 Å². The van der Waals surface area contributed by atoms with Crippen molar-refractivity contribution in [3.63, 3.8) is 0 Å². The van der Waals surface area contributed by atoms with Crippen LogP contribution in [0.15, 0.2) is 0 Å². The Morgan fingerprint density at radius 1 is 1.70 bits per heavy atom. The largest absolute Gasteiger partial charge is 0.393 e. The minimum atomic E-state index is -0.166. The zero-order valence-corrected chi connectivity index (χ0v) is 6.45. The van der Waals surface area contributed by atoms with E-state index in [-0.39, 0.29) is 6.10 Å². The number of aliphatic hydroxyl groups excluding tert-OH is 1. The maximum Gasteiger partial charge on any atom is 0.0604 e. The van der Waals surface area contributed by atoms with Crippen molar-refractivity contribution in [2.45, 2.75) is 12.5 Å². The molecule has 1 rings (SSSR count). The first-order valence-electron chi connectivity index (χ1n) is 3.80. The fourth-order valence-corrected chi connectivity index (χ4v) is 1.43. The van der Waals surface area contributed by atoms with Crippen LogP contribution < -0.4 is 5.73 Å². The Bertz CT molecular complexity index is 108. The number of likely N-dealkylation sites (tertiary alicyclic amines) is 1. The van der Waals surface area contributed by atoms with Gasteiger partial charge in [0.2, 0.25) is 0 Å². The molecule has 0 aromatic rings. The van der Waals surface area contributed by atoms with Gasteiger partial charge in [-0.15, -0.1) is 0 Å². The minimum Gasteiger partial charge on any atom is -0.393 e. The van der Waals surface area contributed by atoms with Crippen LogP contribution in [-0.2, 0) is 0 Å². The second-order valence-corrected chi connectivity index (χ2v) is 3.11. The van der Waals surface area contributed by atoms with E-state index in [1.165, 1.54) is 0 Å². The Morgan fingerprint density at radius 2 is 2.40 bits per heavy atom. The Morgan fingerprint density at radius 3 is 2.90 bits per heavy atom. The van der Waals surface area contributed by atoms with Crippen molar-refractivity contribution in [3.05, 3.63) is 0 Å². The lowest BCUT2D eigenvalue weighted by atomic mass is 9.95. The summed E-state index contributed by atoms with van der Waals surface area (Å²) in [6.07, 6.45) is 0.708. The SMILES string of the molecule is CN1CCC(O)C(CN)C1. The van der Waals surface area contributed by atoms with Gasteiger partial charge in [-0.3, -0.25) is 0 Å². The van der Waals surface area contributed by atoms with Crippen LogP contribution in [0.3, 0.4) is 0 Å². The number of hydrogen-bond donors (Lipinski definition) is 2. The molecule has 0 aliphatic carbocycles. The molecule has 0 amide bonds. The van der Waals surface area contributed by atoms with Crippen molar-refractivity contribution in [3.8, 4) is 0 Å². The van der Waals surface area contributed by atoms with E-state index in [0.29, 0.717) is 12.5 Å². The van der Waals surface area contributed by atoms with Crippen LogP contribution in [0, 0.1) is 5.92 Å². The van der Waals surface area contributed by atoms with Gasteiger partial charge in [0.25, 0.3) is 0 Å². The normalized spacial score (nSPS) is 36.3. The summed E-state index contributed by atoms with van der Waals surface area (Å²) in [7, 11) is 2.06. The summed E-state index contributed by atoms with van der Waals surface area (Å²) in [5.41, 5.74) is 5.47. The molecule has 10 heavy (non-hydrogen) atoms. The highest BCUT2D eigenvalue weighted by Crippen LogP contribution is 2.13. The van der Waals surface area contributed by atoms with E-state index in [2.05, 4.69) is 11.9 Å². The van der Waals surface area contributed by atoms with Crippen LogP contribution in [0.1, 0.15) is 6.42 Å². The van der Waals surface area contributed by atoms with E-state index in [1.807, 2.05) is 0 Å². The van der Waals surface area contributed by atoms with Crippen LogP contribution in [0.2, 0.25) is 0 Å². The number of nitrogens with zero attached hydrogens (tertiary/aromatic N) is 1. The van der Waals surface area contributed by atoms with Crippen molar-refractivity contribution in [1.29, 1.82) is 0 Å².